The van der Waals surface area contributed by atoms with Crippen molar-refractivity contribution in [3.63, 3.8) is 0 Å². The van der Waals surface area contributed by atoms with E-state index >= 15 is 0 Å². The molecule has 2 bridgehead atoms. The lowest BCUT2D eigenvalue weighted by Crippen LogP contribution is -2.52. The highest BCUT2D eigenvalue weighted by Gasteiger charge is 2.48. The minimum absolute atomic E-state index is 0.142. The van der Waals surface area contributed by atoms with Gasteiger partial charge in [0.15, 0.2) is 5.89 Å². The number of halogens is 1. The highest BCUT2D eigenvalue weighted by atomic mass is 35.5. The van der Waals surface area contributed by atoms with Crippen LogP contribution in [0.1, 0.15) is 84.8 Å². The Morgan fingerprint density at radius 2 is 1.92 bits per heavy atom. The van der Waals surface area contributed by atoms with Crippen LogP contribution in [0.5, 0.6) is 5.75 Å². The van der Waals surface area contributed by atoms with E-state index in [1.807, 2.05) is 52.2 Å². The second kappa shape index (κ2) is 15.9. The summed E-state index contributed by atoms with van der Waals surface area (Å²) in [4.78, 5) is 22.9. The molecule has 3 aliphatic rings. The largest absolute Gasteiger partial charge is 0.487 e. The number of allylic oxidation sites excluding steroid dienone is 1. The van der Waals surface area contributed by atoms with Gasteiger partial charge >= 0.3 is 0 Å². The van der Waals surface area contributed by atoms with Crippen molar-refractivity contribution in [2.45, 2.75) is 89.7 Å². The Morgan fingerprint density at radius 1 is 1.12 bits per heavy atom. The summed E-state index contributed by atoms with van der Waals surface area (Å²) in [6.07, 6.45) is 9.83. The topological polar surface area (TPSA) is 114 Å². The van der Waals surface area contributed by atoms with Crippen LogP contribution < -0.4 is 14.4 Å². The molecule has 0 radical (unpaired) electrons. The summed E-state index contributed by atoms with van der Waals surface area (Å²) in [5, 5.41) is -0.117. The predicted molar refractivity (Wildman–Crippen MR) is 204 cm³/mol. The molecule has 1 fully saturated rings. The van der Waals surface area contributed by atoms with Crippen molar-refractivity contribution in [3.05, 3.63) is 87.6 Å². The third-order valence-corrected chi connectivity index (χ3v) is 13.5. The van der Waals surface area contributed by atoms with E-state index in [0.717, 1.165) is 61.4 Å². The maximum Gasteiger partial charge on any atom is 0.264 e. The molecule has 0 spiro atoms. The van der Waals surface area contributed by atoms with Crippen LogP contribution >= 0.6 is 11.6 Å². The van der Waals surface area contributed by atoms with E-state index in [1.165, 1.54) is 5.56 Å². The van der Waals surface area contributed by atoms with Crippen molar-refractivity contribution >= 4 is 33.2 Å². The zero-order valence-corrected chi connectivity index (χ0v) is 32.9. The highest BCUT2D eigenvalue weighted by Crippen LogP contribution is 2.47. The summed E-state index contributed by atoms with van der Waals surface area (Å²) in [6, 6.07) is 11.2. The van der Waals surface area contributed by atoms with Gasteiger partial charge in [-0.3, -0.25) is 4.79 Å². The Hall–Kier alpha value is -3.38. The summed E-state index contributed by atoms with van der Waals surface area (Å²) >= 11 is 6.39. The molecule has 3 heterocycles. The molecule has 3 aromatic rings. The number of methoxy groups -OCH3 is 1. The Balaban J connectivity index is 1.41. The lowest BCUT2D eigenvalue weighted by atomic mass is 9.63. The number of amides is 1. The maximum atomic E-state index is 13.6. The summed E-state index contributed by atoms with van der Waals surface area (Å²) < 4.78 is 48.8. The molecule has 1 aromatic heterocycles. The number of hydrogen-bond donors (Lipinski definition) is 1. The van der Waals surface area contributed by atoms with E-state index in [0.29, 0.717) is 49.2 Å². The first-order chi connectivity index (χ1) is 24.8. The van der Waals surface area contributed by atoms with Gasteiger partial charge in [0.25, 0.3) is 5.91 Å². The molecule has 0 unspecified atom stereocenters. The first kappa shape index (κ1) is 38.3. The van der Waals surface area contributed by atoms with Crippen molar-refractivity contribution < 1.29 is 27.1 Å². The molecule has 1 N–H and O–H groups in total. The van der Waals surface area contributed by atoms with Gasteiger partial charge in [-0.2, -0.15) is 0 Å². The number of sulfonamides is 1. The second-order valence-corrected chi connectivity index (χ2v) is 17.7. The Labute approximate surface area is 313 Å². The lowest BCUT2D eigenvalue weighted by molar-refractivity contribution is -0.0776. The number of oxazole rings is 1. The molecule has 5 atom stereocenters. The summed E-state index contributed by atoms with van der Waals surface area (Å²) in [7, 11) is 1.79. The zero-order valence-electron chi connectivity index (χ0n) is 31.3. The summed E-state index contributed by atoms with van der Waals surface area (Å²) in [5.41, 5.74) is 3.47. The minimum atomic E-state index is -3.99. The quantitative estimate of drug-likeness (QED) is 0.272. The SMILES string of the molecule is CO[C@@]1(Cc2nc(CN(C)C)c(C)o2)/C=C/C[C@H](C)[C@@H](C)S(=O)(=O)NC(=O)c2ccc3c(c2)N(CCCCc2cc(Cl)ccc2CO3)C[C@@H]2CC[C@H]21. The fourth-order valence-electron chi connectivity index (χ4n) is 7.91. The number of carbonyl (C=O) groups excluding carboxylic acids is 1. The van der Waals surface area contributed by atoms with Gasteiger partial charge in [0.2, 0.25) is 10.0 Å². The highest BCUT2D eigenvalue weighted by molar-refractivity contribution is 7.90. The van der Waals surface area contributed by atoms with Gasteiger partial charge in [0.05, 0.1) is 28.7 Å². The normalized spacial score (nSPS) is 27.3. The number of benzene rings is 2. The molecular formula is C40H53ClN4O6S. The Kier molecular flexibility index (Phi) is 11.7. The molecule has 1 aliphatic carbocycles. The molecule has 2 aromatic carbocycles. The number of hydrogen-bond acceptors (Lipinski definition) is 9. The molecule has 1 saturated carbocycles. The smallest absolute Gasteiger partial charge is 0.264 e. The first-order valence-corrected chi connectivity index (χ1v) is 20.4. The number of ether oxygens (including phenoxy) is 2. The molecule has 282 valence electrons. The van der Waals surface area contributed by atoms with Crippen LogP contribution in [0.15, 0.2) is 53.0 Å². The van der Waals surface area contributed by atoms with Gasteiger partial charge in [0, 0.05) is 37.3 Å². The molecule has 52 heavy (non-hydrogen) atoms. The van der Waals surface area contributed by atoms with Gasteiger partial charge in [-0.25, -0.2) is 18.1 Å². The molecule has 6 rings (SSSR count). The van der Waals surface area contributed by atoms with Crippen molar-refractivity contribution in [2.24, 2.45) is 17.8 Å². The van der Waals surface area contributed by atoms with Gasteiger partial charge in [0.1, 0.15) is 18.1 Å². The van der Waals surface area contributed by atoms with Crippen molar-refractivity contribution in [3.8, 4) is 5.75 Å². The van der Waals surface area contributed by atoms with E-state index in [9.17, 15) is 13.2 Å². The molecule has 0 saturated heterocycles. The fourth-order valence-corrected chi connectivity index (χ4v) is 9.38. The van der Waals surface area contributed by atoms with Gasteiger partial charge in [-0.1, -0.05) is 36.7 Å². The second-order valence-electron chi connectivity index (χ2n) is 15.2. The molecule has 1 amide bonds. The average Bonchev–Trinajstić information content (AvgIpc) is 3.40. The van der Waals surface area contributed by atoms with Crippen molar-refractivity contribution in [1.29, 1.82) is 0 Å². The van der Waals surface area contributed by atoms with E-state index in [-0.39, 0.29) is 23.3 Å². The Morgan fingerprint density at radius 3 is 2.65 bits per heavy atom. The number of anilines is 1. The number of carbonyl (C=O) groups is 1. The molecule has 12 heteroatoms. The summed E-state index contributed by atoms with van der Waals surface area (Å²) in [6.45, 7) is 7.97. The number of rotatable bonds is 5. The van der Waals surface area contributed by atoms with E-state index in [1.54, 1.807) is 32.2 Å². The maximum absolute atomic E-state index is 13.6. The standard InChI is InChI=1S/C40H53ClN4O6S/c1-26-10-9-18-40(49-6,22-38-42-35(24-44(4)5)27(2)51-38)34-16-13-31(34)23-45-19-8-7-11-29-20-33(41)15-12-32(29)25-50-37-17-14-30(21-36(37)45)39(46)43-52(47,48)28(26)3/h9,12,14-15,17-18,20-21,26,28,31,34H,7-8,10-11,13,16,19,22-25H2,1-6H3,(H,43,46)/b18-9+/t26-,28+,31-,34+,40+/m0/s1. The lowest BCUT2D eigenvalue weighted by Gasteiger charge is -2.49. The summed E-state index contributed by atoms with van der Waals surface area (Å²) in [5.74, 6) is 1.56. The van der Waals surface area contributed by atoms with Crippen LogP contribution in [0.2, 0.25) is 5.02 Å². The van der Waals surface area contributed by atoms with Crippen LogP contribution in [0.4, 0.5) is 5.69 Å². The Bertz CT molecular complexity index is 1890. The van der Waals surface area contributed by atoms with Crippen LogP contribution in [0.25, 0.3) is 0 Å². The van der Waals surface area contributed by atoms with Crippen LogP contribution in [0.3, 0.4) is 0 Å². The molecular weight excluding hydrogens is 700 g/mol. The predicted octanol–water partition coefficient (Wildman–Crippen LogP) is 7.12. The van der Waals surface area contributed by atoms with Gasteiger partial charge in [-0.05, 0) is 126 Å². The fraction of sp³-hybridized carbons (Fsp3) is 0.550. The third-order valence-electron chi connectivity index (χ3n) is 11.4. The van der Waals surface area contributed by atoms with Crippen LogP contribution in [-0.2, 0) is 40.8 Å². The number of aromatic nitrogens is 1. The number of nitrogens with zero attached hydrogens (tertiary/aromatic N) is 3. The van der Waals surface area contributed by atoms with Gasteiger partial charge < -0.3 is 23.7 Å². The van der Waals surface area contributed by atoms with Crippen molar-refractivity contribution in [1.82, 2.24) is 14.6 Å². The average molecular weight is 753 g/mol. The van der Waals surface area contributed by atoms with Crippen molar-refractivity contribution in [2.75, 3.05) is 39.2 Å². The monoisotopic (exact) mass is 752 g/mol. The van der Waals surface area contributed by atoms with E-state index in [4.69, 9.17) is 30.5 Å². The van der Waals surface area contributed by atoms with Gasteiger partial charge in [-0.15, -0.1) is 0 Å². The van der Waals surface area contributed by atoms with E-state index in [2.05, 4.69) is 20.6 Å². The minimum Gasteiger partial charge on any atom is -0.487 e. The molecule has 10 nitrogen and oxygen atoms in total. The number of aryl methyl sites for hydroxylation is 2. The first-order valence-electron chi connectivity index (χ1n) is 18.5. The number of nitrogens with one attached hydrogen (secondary N) is 1. The zero-order chi connectivity index (χ0) is 37.2. The van der Waals surface area contributed by atoms with Crippen LogP contribution in [0, 0.1) is 24.7 Å². The number of fused-ring (bicyclic) bond motifs is 3. The van der Waals surface area contributed by atoms with E-state index < -0.39 is 26.8 Å². The molecule has 2 aliphatic heterocycles. The van der Waals surface area contributed by atoms with Crippen LogP contribution in [-0.4, -0.2) is 69.4 Å². The third kappa shape index (κ3) is 8.38.